The van der Waals surface area contributed by atoms with E-state index in [1.54, 1.807) is 0 Å². The van der Waals surface area contributed by atoms with Crippen molar-refractivity contribution in [2.75, 3.05) is 19.0 Å². The highest BCUT2D eigenvalue weighted by atomic mass is 35.5. The lowest BCUT2D eigenvalue weighted by atomic mass is 10.3. The largest absolute Gasteiger partial charge is 0.300 e. The zero-order valence-corrected chi connectivity index (χ0v) is 7.99. The molecule has 0 unspecified atom stereocenters. The van der Waals surface area contributed by atoms with Crippen LogP contribution in [0.25, 0.3) is 0 Å². The lowest BCUT2D eigenvalue weighted by Crippen LogP contribution is -2.33. The van der Waals surface area contributed by atoms with Crippen LogP contribution in [-0.2, 0) is 0 Å². The summed E-state index contributed by atoms with van der Waals surface area (Å²) in [6.45, 7) is 8.81. The normalized spacial score (nSPS) is 11.4. The Morgan fingerprint density at radius 1 is 1.30 bits per heavy atom. The van der Waals surface area contributed by atoms with Gasteiger partial charge in [0.1, 0.15) is 0 Å². The van der Waals surface area contributed by atoms with Gasteiger partial charge >= 0.3 is 0 Å². The minimum atomic E-state index is 0.638. The standard InChI is InChI=1S/C8H18ClN/c1-4-6-10(7-5-9)8(2)3/h8H,4-7H2,1-3H3. The molecule has 0 heterocycles. The molecule has 0 atom stereocenters. The van der Waals surface area contributed by atoms with Gasteiger partial charge in [-0.05, 0) is 26.8 Å². The number of alkyl halides is 1. The average Bonchev–Trinajstić information content (AvgIpc) is 1.87. The fourth-order valence-corrected chi connectivity index (χ4v) is 1.24. The molecular formula is C8H18ClN. The van der Waals surface area contributed by atoms with E-state index < -0.39 is 0 Å². The van der Waals surface area contributed by atoms with E-state index >= 15 is 0 Å². The summed E-state index contributed by atoms with van der Waals surface area (Å²) in [5, 5.41) is 0. The second-order valence-corrected chi connectivity index (χ2v) is 3.20. The van der Waals surface area contributed by atoms with Gasteiger partial charge in [0.15, 0.2) is 0 Å². The molecule has 0 rings (SSSR count). The first-order valence-electron chi connectivity index (χ1n) is 4.02. The van der Waals surface area contributed by atoms with Crippen LogP contribution in [0.2, 0.25) is 0 Å². The van der Waals surface area contributed by atoms with Gasteiger partial charge in [-0.1, -0.05) is 6.92 Å². The summed E-state index contributed by atoms with van der Waals surface area (Å²) in [5.41, 5.74) is 0. The van der Waals surface area contributed by atoms with Crippen molar-refractivity contribution < 1.29 is 0 Å². The van der Waals surface area contributed by atoms with Gasteiger partial charge in [0.05, 0.1) is 0 Å². The van der Waals surface area contributed by atoms with E-state index in [2.05, 4.69) is 25.7 Å². The SMILES string of the molecule is CCCN(CCCl)C(C)C. The Morgan fingerprint density at radius 3 is 2.20 bits per heavy atom. The molecule has 10 heavy (non-hydrogen) atoms. The third-order valence-electron chi connectivity index (χ3n) is 1.61. The molecule has 0 aromatic carbocycles. The first-order valence-corrected chi connectivity index (χ1v) is 4.55. The van der Waals surface area contributed by atoms with Crippen molar-refractivity contribution in [3.63, 3.8) is 0 Å². The molecule has 0 N–H and O–H groups in total. The van der Waals surface area contributed by atoms with Crippen molar-refractivity contribution in [1.82, 2.24) is 4.90 Å². The van der Waals surface area contributed by atoms with E-state index in [9.17, 15) is 0 Å². The van der Waals surface area contributed by atoms with Gasteiger partial charge in [0.25, 0.3) is 0 Å². The number of halogens is 1. The van der Waals surface area contributed by atoms with Crippen LogP contribution < -0.4 is 0 Å². The number of rotatable bonds is 5. The van der Waals surface area contributed by atoms with Crippen LogP contribution >= 0.6 is 11.6 Å². The molecule has 0 aliphatic rings. The van der Waals surface area contributed by atoms with Crippen molar-refractivity contribution >= 4 is 11.6 Å². The van der Waals surface area contributed by atoms with E-state index in [1.807, 2.05) is 0 Å². The Morgan fingerprint density at radius 2 is 1.90 bits per heavy atom. The summed E-state index contributed by atoms with van der Waals surface area (Å²) in [6, 6.07) is 0.638. The second kappa shape index (κ2) is 5.99. The van der Waals surface area contributed by atoms with Crippen LogP contribution in [0.1, 0.15) is 27.2 Å². The number of hydrogen-bond acceptors (Lipinski definition) is 1. The van der Waals surface area contributed by atoms with Gasteiger partial charge in [-0.15, -0.1) is 11.6 Å². The molecule has 0 bridgehead atoms. The van der Waals surface area contributed by atoms with Crippen molar-refractivity contribution in [3.05, 3.63) is 0 Å². The predicted molar refractivity (Wildman–Crippen MR) is 47.7 cm³/mol. The Kier molecular flexibility index (Phi) is 6.14. The van der Waals surface area contributed by atoms with Crippen LogP contribution in [0, 0.1) is 0 Å². The van der Waals surface area contributed by atoms with Gasteiger partial charge in [-0.2, -0.15) is 0 Å². The first kappa shape index (κ1) is 10.2. The Balaban J connectivity index is 3.50. The third kappa shape index (κ3) is 4.13. The lowest BCUT2D eigenvalue weighted by molar-refractivity contribution is 0.236. The average molecular weight is 164 g/mol. The van der Waals surface area contributed by atoms with Crippen molar-refractivity contribution in [2.45, 2.75) is 33.2 Å². The van der Waals surface area contributed by atoms with Crippen LogP contribution in [0.4, 0.5) is 0 Å². The topological polar surface area (TPSA) is 3.24 Å². The predicted octanol–water partition coefficient (Wildman–Crippen LogP) is 2.35. The van der Waals surface area contributed by atoms with Crippen molar-refractivity contribution in [2.24, 2.45) is 0 Å². The van der Waals surface area contributed by atoms with Crippen molar-refractivity contribution in [1.29, 1.82) is 0 Å². The molecule has 0 amide bonds. The molecular weight excluding hydrogens is 146 g/mol. The van der Waals surface area contributed by atoms with E-state index in [4.69, 9.17) is 11.6 Å². The Bertz CT molecular complexity index is 67.7. The van der Waals surface area contributed by atoms with E-state index in [-0.39, 0.29) is 0 Å². The maximum absolute atomic E-state index is 5.63. The van der Waals surface area contributed by atoms with Gasteiger partial charge < -0.3 is 0 Å². The van der Waals surface area contributed by atoms with Crippen LogP contribution in [0.3, 0.4) is 0 Å². The highest BCUT2D eigenvalue weighted by Crippen LogP contribution is 1.99. The van der Waals surface area contributed by atoms with E-state index in [0.29, 0.717) is 6.04 Å². The minimum Gasteiger partial charge on any atom is -0.300 e. The zero-order chi connectivity index (χ0) is 7.98. The summed E-state index contributed by atoms with van der Waals surface area (Å²) in [5.74, 6) is 0.748. The highest BCUT2D eigenvalue weighted by molar-refractivity contribution is 6.18. The molecule has 0 aromatic rings. The maximum Gasteiger partial charge on any atom is 0.0351 e. The molecule has 62 valence electrons. The van der Waals surface area contributed by atoms with E-state index in [1.165, 1.54) is 13.0 Å². The van der Waals surface area contributed by atoms with Gasteiger partial charge in [-0.25, -0.2) is 0 Å². The molecule has 1 nitrogen and oxygen atoms in total. The summed E-state index contributed by atoms with van der Waals surface area (Å²) >= 11 is 5.63. The lowest BCUT2D eigenvalue weighted by Gasteiger charge is -2.24. The number of nitrogens with zero attached hydrogens (tertiary/aromatic N) is 1. The van der Waals surface area contributed by atoms with Gasteiger partial charge in [0, 0.05) is 18.5 Å². The molecule has 0 spiro atoms. The molecule has 0 saturated heterocycles. The minimum absolute atomic E-state index is 0.638. The van der Waals surface area contributed by atoms with Gasteiger partial charge in [-0.3, -0.25) is 4.90 Å². The summed E-state index contributed by atoms with van der Waals surface area (Å²) in [4.78, 5) is 2.40. The maximum atomic E-state index is 5.63. The third-order valence-corrected chi connectivity index (χ3v) is 1.78. The second-order valence-electron chi connectivity index (χ2n) is 2.82. The van der Waals surface area contributed by atoms with Crippen molar-refractivity contribution in [3.8, 4) is 0 Å². The Hall–Kier alpha value is 0.250. The molecule has 0 aliphatic carbocycles. The Labute approximate surface area is 69.4 Å². The highest BCUT2D eigenvalue weighted by Gasteiger charge is 2.05. The molecule has 0 aromatic heterocycles. The zero-order valence-electron chi connectivity index (χ0n) is 7.23. The quantitative estimate of drug-likeness (QED) is 0.563. The molecule has 0 radical (unpaired) electrons. The summed E-state index contributed by atoms with van der Waals surface area (Å²) in [7, 11) is 0. The van der Waals surface area contributed by atoms with E-state index in [0.717, 1.165) is 12.4 Å². The van der Waals surface area contributed by atoms with Crippen LogP contribution in [0.5, 0.6) is 0 Å². The number of hydrogen-bond donors (Lipinski definition) is 0. The first-order chi connectivity index (χ1) is 4.72. The van der Waals surface area contributed by atoms with Crippen LogP contribution in [-0.4, -0.2) is 29.9 Å². The molecule has 0 aliphatic heterocycles. The smallest absolute Gasteiger partial charge is 0.0351 e. The van der Waals surface area contributed by atoms with Crippen LogP contribution in [0.15, 0.2) is 0 Å². The molecule has 2 heteroatoms. The monoisotopic (exact) mass is 163 g/mol. The summed E-state index contributed by atoms with van der Waals surface area (Å²) < 4.78 is 0. The van der Waals surface area contributed by atoms with Gasteiger partial charge in [0.2, 0.25) is 0 Å². The summed E-state index contributed by atoms with van der Waals surface area (Å²) in [6.07, 6.45) is 1.22. The molecule has 0 fully saturated rings. The fraction of sp³-hybridized carbons (Fsp3) is 1.00. The fourth-order valence-electron chi connectivity index (χ4n) is 1.02. The molecule has 0 saturated carbocycles.